The van der Waals surface area contributed by atoms with Crippen molar-refractivity contribution in [3.05, 3.63) is 59.2 Å². The first-order valence-electron chi connectivity index (χ1n) is 10.5. The summed E-state index contributed by atoms with van der Waals surface area (Å²) in [5.74, 6) is 1.17. The Balaban J connectivity index is 1.62. The van der Waals surface area contributed by atoms with Gasteiger partial charge in [-0.25, -0.2) is 0 Å². The number of carbonyl (C=O) groups is 2. The average Bonchev–Trinajstić information content (AvgIpc) is 2.78. The molecule has 158 valence electrons. The summed E-state index contributed by atoms with van der Waals surface area (Å²) in [5, 5.41) is 2.75. The van der Waals surface area contributed by atoms with E-state index in [-0.39, 0.29) is 17.9 Å². The summed E-state index contributed by atoms with van der Waals surface area (Å²) in [6, 6.07) is 13.4. The number of amides is 2. The highest BCUT2D eigenvalue weighted by Gasteiger charge is 2.36. The lowest BCUT2D eigenvalue weighted by Gasteiger charge is -2.42. The highest BCUT2D eigenvalue weighted by atomic mass is 16.5. The number of hydrogen-bond acceptors (Lipinski definition) is 4. The predicted octanol–water partition coefficient (Wildman–Crippen LogP) is 3.65. The van der Waals surface area contributed by atoms with Gasteiger partial charge in [-0.2, -0.15) is 0 Å². The van der Waals surface area contributed by atoms with Gasteiger partial charge in [-0.3, -0.25) is 9.59 Å². The first kappa shape index (κ1) is 20.4. The smallest absolute Gasteiger partial charge is 0.254 e. The molecule has 2 aromatic carbocycles. The minimum absolute atomic E-state index is 0.0299. The molecule has 1 saturated heterocycles. The molecule has 0 spiro atoms. The van der Waals surface area contributed by atoms with E-state index >= 15 is 0 Å². The van der Waals surface area contributed by atoms with E-state index in [1.165, 1.54) is 18.1 Å². The molecule has 0 aliphatic carbocycles. The third-order valence-corrected chi connectivity index (χ3v) is 6.11. The second-order valence-corrected chi connectivity index (χ2v) is 8.05. The Kier molecular flexibility index (Phi) is 6.04. The number of rotatable bonds is 4. The Hall–Kier alpha value is -2.86. The lowest BCUT2D eigenvalue weighted by Crippen LogP contribution is -2.49. The third-order valence-electron chi connectivity index (χ3n) is 6.11. The van der Waals surface area contributed by atoms with Gasteiger partial charge < -0.3 is 19.7 Å². The number of nitrogens with one attached hydrogen (secondary N) is 1. The highest BCUT2D eigenvalue weighted by Crippen LogP contribution is 2.34. The molecule has 6 heteroatoms. The van der Waals surface area contributed by atoms with Crippen molar-refractivity contribution in [2.24, 2.45) is 5.92 Å². The van der Waals surface area contributed by atoms with Crippen molar-refractivity contribution in [3.8, 4) is 5.75 Å². The van der Waals surface area contributed by atoms with Crippen LogP contribution in [0.3, 0.4) is 0 Å². The summed E-state index contributed by atoms with van der Waals surface area (Å²) in [4.78, 5) is 26.8. The highest BCUT2D eigenvalue weighted by molar-refractivity contribution is 5.96. The van der Waals surface area contributed by atoms with E-state index in [1.54, 1.807) is 31.4 Å². The second-order valence-electron chi connectivity index (χ2n) is 8.05. The maximum Gasteiger partial charge on any atom is 0.254 e. The number of anilines is 1. The van der Waals surface area contributed by atoms with Gasteiger partial charge in [-0.1, -0.05) is 6.07 Å². The molecule has 2 aliphatic heterocycles. The Morgan fingerprint density at radius 1 is 1.07 bits per heavy atom. The first-order chi connectivity index (χ1) is 14.5. The molecule has 0 unspecified atom stereocenters. The largest absolute Gasteiger partial charge is 0.497 e. The zero-order chi connectivity index (χ0) is 21.1. The lowest BCUT2D eigenvalue weighted by atomic mass is 9.82. The molecular formula is C24H28N2O4. The second kappa shape index (κ2) is 8.88. The van der Waals surface area contributed by atoms with Crippen LogP contribution in [0.25, 0.3) is 0 Å². The summed E-state index contributed by atoms with van der Waals surface area (Å²) < 4.78 is 11.0. The SMILES string of the molecule is COc1ccc2c(c1)C[C@H](C1CCOCC1)N(C(=O)c1ccc(NC(C)=O)cc1)C2. The van der Waals surface area contributed by atoms with Gasteiger partial charge in [-0.05, 0) is 72.7 Å². The molecule has 6 nitrogen and oxygen atoms in total. The number of ether oxygens (including phenoxy) is 2. The van der Waals surface area contributed by atoms with Crippen molar-refractivity contribution in [2.75, 3.05) is 25.6 Å². The third kappa shape index (κ3) is 4.33. The van der Waals surface area contributed by atoms with Crippen LogP contribution in [0, 0.1) is 5.92 Å². The van der Waals surface area contributed by atoms with E-state index < -0.39 is 0 Å². The number of nitrogens with zero attached hydrogens (tertiary/aromatic N) is 1. The Bertz CT molecular complexity index is 919. The van der Waals surface area contributed by atoms with Gasteiger partial charge in [0.15, 0.2) is 0 Å². The predicted molar refractivity (Wildman–Crippen MR) is 115 cm³/mol. The molecule has 2 heterocycles. The molecule has 1 N–H and O–H groups in total. The minimum atomic E-state index is -0.128. The van der Waals surface area contributed by atoms with Crippen LogP contribution in [-0.4, -0.2) is 43.1 Å². The van der Waals surface area contributed by atoms with Crippen LogP contribution in [0.15, 0.2) is 42.5 Å². The van der Waals surface area contributed by atoms with Gasteiger partial charge in [-0.15, -0.1) is 0 Å². The molecule has 0 bridgehead atoms. The minimum Gasteiger partial charge on any atom is -0.497 e. The van der Waals surface area contributed by atoms with Gasteiger partial charge in [0.25, 0.3) is 5.91 Å². The molecule has 4 rings (SSSR count). The number of benzene rings is 2. The van der Waals surface area contributed by atoms with Crippen LogP contribution in [0.5, 0.6) is 5.75 Å². The fourth-order valence-corrected chi connectivity index (χ4v) is 4.52. The molecule has 2 aliphatic rings. The summed E-state index contributed by atoms with van der Waals surface area (Å²) >= 11 is 0. The molecule has 0 aromatic heterocycles. The van der Waals surface area contributed by atoms with Crippen LogP contribution >= 0.6 is 0 Å². The molecule has 0 saturated carbocycles. The summed E-state index contributed by atoms with van der Waals surface area (Å²) in [6.07, 6.45) is 2.76. The van der Waals surface area contributed by atoms with Crippen molar-refractivity contribution in [3.63, 3.8) is 0 Å². The fraction of sp³-hybridized carbons (Fsp3) is 0.417. The Morgan fingerprint density at radius 2 is 1.80 bits per heavy atom. The summed E-state index contributed by atoms with van der Waals surface area (Å²) in [5.41, 5.74) is 3.76. The maximum absolute atomic E-state index is 13.5. The van der Waals surface area contributed by atoms with E-state index in [9.17, 15) is 9.59 Å². The van der Waals surface area contributed by atoms with Crippen molar-refractivity contribution in [1.29, 1.82) is 0 Å². The van der Waals surface area contributed by atoms with Crippen LogP contribution in [0.2, 0.25) is 0 Å². The number of methoxy groups -OCH3 is 1. The first-order valence-corrected chi connectivity index (χ1v) is 10.5. The maximum atomic E-state index is 13.5. The lowest BCUT2D eigenvalue weighted by molar-refractivity contribution is -0.114. The van der Waals surface area contributed by atoms with Gasteiger partial charge in [0, 0.05) is 44.0 Å². The number of carbonyl (C=O) groups excluding carboxylic acids is 2. The van der Waals surface area contributed by atoms with E-state index in [4.69, 9.17) is 9.47 Å². The van der Waals surface area contributed by atoms with Crippen LogP contribution in [-0.2, 0) is 22.5 Å². The van der Waals surface area contributed by atoms with Crippen molar-refractivity contribution in [2.45, 2.75) is 38.8 Å². The summed E-state index contributed by atoms with van der Waals surface area (Å²) in [6.45, 7) is 3.56. The summed E-state index contributed by atoms with van der Waals surface area (Å²) in [7, 11) is 1.68. The quantitative estimate of drug-likeness (QED) is 0.839. The molecule has 2 amide bonds. The van der Waals surface area contributed by atoms with E-state index in [1.807, 2.05) is 11.0 Å². The molecule has 1 fully saturated rings. The average molecular weight is 408 g/mol. The van der Waals surface area contributed by atoms with Gasteiger partial charge in [0.1, 0.15) is 5.75 Å². The van der Waals surface area contributed by atoms with Crippen molar-refractivity contribution < 1.29 is 19.1 Å². The van der Waals surface area contributed by atoms with Gasteiger partial charge in [0.2, 0.25) is 5.91 Å². The molecule has 30 heavy (non-hydrogen) atoms. The van der Waals surface area contributed by atoms with E-state index in [0.717, 1.165) is 38.2 Å². The Labute approximate surface area is 177 Å². The normalized spacial score (nSPS) is 19.1. The van der Waals surface area contributed by atoms with E-state index in [0.29, 0.717) is 23.7 Å². The topological polar surface area (TPSA) is 67.9 Å². The van der Waals surface area contributed by atoms with E-state index in [2.05, 4.69) is 17.4 Å². The van der Waals surface area contributed by atoms with Crippen molar-refractivity contribution in [1.82, 2.24) is 4.90 Å². The van der Waals surface area contributed by atoms with Crippen LogP contribution in [0.1, 0.15) is 41.3 Å². The molecule has 2 aromatic rings. The zero-order valence-corrected chi connectivity index (χ0v) is 17.5. The molecule has 0 radical (unpaired) electrons. The molecular weight excluding hydrogens is 380 g/mol. The van der Waals surface area contributed by atoms with Crippen LogP contribution < -0.4 is 10.1 Å². The monoisotopic (exact) mass is 408 g/mol. The Morgan fingerprint density at radius 3 is 2.47 bits per heavy atom. The van der Waals surface area contributed by atoms with Gasteiger partial charge in [0.05, 0.1) is 7.11 Å². The fourth-order valence-electron chi connectivity index (χ4n) is 4.52. The zero-order valence-electron chi connectivity index (χ0n) is 17.5. The standard InChI is InChI=1S/C24H28N2O4/c1-16(27)25-21-6-3-18(4-7-21)24(28)26-15-19-5-8-22(29-2)13-20(19)14-23(26)17-9-11-30-12-10-17/h3-8,13,17,23H,9-12,14-15H2,1-2H3,(H,25,27)/t23-/m1/s1. The number of hydrogen-bond donors (Lipinski definition) is 1. The van der Waals surface area contributed by atoms with Gasteiger partial charge >= 0.3 is 0 Å². The van der Waals surface area contributed by atoms with Crippen molar-refractivity contribution >= 4 is 17.5 Å². The number of fused-ring (bicyclic) bond motifs is 1. The van der Waals surface area contributed by atoms with Crippen LogP contribution in [0.4, 0.5) is 5.69 Å². The molecule has 1 atom stereocenters.